The van der Waals surface area contributed by atoms with Crippen molar-refractivity contribution in [3.05, 3.63) is 0 Å². The van der Waals surface area contributed by atoms with Crippen molar-refractivity contribution in [3.63, 3.8) is 0 Å². The summed E-state index contributed by atoms with van der Waals surface area (Å²) in [5.74, 6) is -1.87. The van der Waals surface area contributed by atoms with Gasteiger partial charge < -0.3 is 84.3 Å². The van der Waals surface area contributed by atoms with Crippen molar-refractivity contribution in [1.82, 2.24) is 9.96 Å². The van der Waals surface area contributed by atoms with E-state index >= 15 is 0 Å². The second-order valence-corrected chi connectivity index (χ2v) is 13.2. The van der Waals surface area contributed by atoms with E-state index < -0.39 is 117 Å². The van der Waals surface area contributed by atoms with Gasteiger partial charge in [0.2, 0.25) is 0 Å². The Balaban J connectivity index is 1.26. The van der Waals surface area contributed by atoms with Crippen molar-refractivity contribution in [1.29, 1.82) is 0 Å². The SMILES string of the molecule is O=C(CCCCCN(CCO[C@H]1O[C@H](CO[C@H]2O[C@H](CO)[C@@H](O)[C@H](O)[C@@H]2O)[C@@H](O)[C@H](O)[C@@H]1O)CCO[C@H]1OC[C@@H](O)[C@@H](O)[C@@H]1O)ON1C(=O)CCC1=O. The summed E-state index contributed by atoms with van der Waals surface area (Å²) in [6, 6.07) is 0. The van der Waals surface area contributed by atoms with Crippen LogP contribution in [0.3, 0.4) is 0 Å². The van der Waals surface area contributed by atoms with E-state index in [1.807, 2.05) is 4.90 Å². The van der Waals surface area contributed by atoms with Crippen LogP contribution >= 0.6 is 0 Å². The molecule has 0 aromatic carbocycles. The predicted octanol–water partition coefficient (Wildman–Crippen LogP) is -6.45. The maximum Gasteiger partial charge on any atom is 0.333 e. The number of ether oxygens (including phenoxy) is 6. The number of unbranched alkanes of at least 4 members (excludes halogenated alkanes) is 2. The predicted molar refractivity (Wildman–Crippen MR) is 168 cm³/mol. The number of amides is 2. The maximum atomic E-state index is 12.1. The van der Waals surface area contributed by atoms with Gasteiger partial charge in [-0.3, -0.25) is 14.5 Å². The number of hydrogen-bond donors (Lipinski definition) is 10. The lowest BCUT2D eigenvalue weighted by atomic mass is 9.98. The van der Waals surface area contributed by atoms with Crippen molar-refractivity contribution < 1.29 is 98.7 Å². The minimum Gasteiger partial charge on any atom is -0.394 e. The Bertz CT molecular complexity index is 1150. The topological polar surface area (TPSA) is 325 Å². The minimum absolute atomic E-state index is 0.000412. The number of hydroxylamine groups is 2. The highest BCUT2D eigenvalue weighted by atomic mass is 16.7. The molecule has 0 unspecified atom stereocenters. The van der Waals surface area contributed by atoms with Gasteiger partial charge in [0.1, 0.15) is 67.1 Å². The highest BCUT2D eigenvalue weighted by Gasteiger charge is 2.47. The van der Waals surface area contributed by atoms with Gasteiger partial charge in [-0.05, 0) is 19.4 Å². The van der Waals surface area contributed by atoms with Crippen LogP contribution in [0.5, 0.6) is 0 Å². The molecule has 0 saturated carbocycles. The second-order valence-electron chi connectivity index (χ2n) is 13.2. The molecule has 10 N–H and O–H groups in total. The first-order chi connectivity index (χ1) is 25.2. The number of carbonyl (C=O) groups excluding carboxylic acids is 3. The fourth-order valence-electron chi connectivity index (χ4n) is 6.03. The van der Waals surface area contributed by atoms with Gasteiger partial charge >= 0.3 is 5.97 Å². The van der Waals surface area contributed by atoms with Gasteiger partial charge in [-0.15, -0.1) is 5.06 Å². The number of aliphatic hydroxyl groups excluding tert-OH is 10. The molecule has 0 aromatic heterocycles. The van der Waals surface area contributed by atoms with Crippen LogP contribution in [-0.4, -0.2) is 217 Å². The summed E-state index contributed by atoms with van der Waals surface area (Å²) in [6.07, 6.45) is -19.8. The fraction of sp³-hybridized carbons (Fsp3) is 0.903. The lowest BCUT2D eigenvalue weighted by Gasteiger charge is -2.42. The Labute approximate surface area is 303 Å². The third-order valence-corrected chi connectivity index (χ3v) is 9.33. The lowest BCUT2D eigenvalue weighted by molar-refractivity contribution is -0.331. The molecule has 22 nitrogen and oxygen atoms in total. The third-order valence-electron chi connectivity index (χ3n) is 9.33. The van der Waals surface area contributed by atoms with Crippen LogP contribution in [0.4, 0.5) is 0 Å². The summed E-state index contributed by atoms with van der Waals surface area (Å²) in [6.45, 7) is -0.718. The average Bonchev–Trinajstić information content (AvgIpc) is 3.45. The number of carbonyl (C=O) groups is 3. The summed E-state index contributed by atoms with van der Waals surface area (Å²) in [5, 5.41) is 101. The molecule has 14 atom stereocenters. The first kappa shape index (κ1) is 43.7. The number of rotatable bonds is 19. The molecule has 4 rings (SSSR count). The summed E-state index contributed by atoms with van der Waals surface area (Å²) in [5.41, 5.74) is 0. The molecule has 4 aliphatic heterocycles. The number of imide groups is 1. The highest BCUT2D eigenvalue weighted by molar-refractivity contribution is 6.01. The van der Waals surface area contributed by atoms with Crippen LogP contribution in [0.1, 0.15) is 38.5 Å². The van der Waals surface area contributed by atoms with Gasteiger partial charge in [-0.2, -0.15) is 0 Å². The summed E-state index contributed by atoms with van der Waals surface area (Å²) >= 11 is 0. The summed E-state index contributed by atoms with van der Waals surface area (Å²) < 4.78 is 32.9. The van der Waals surface area contributed by atoms with E-state index in [0.717, 1.165) is 0 Å². The Morgan fingerprint density at radius 1 is 0.660 bits per heavy atom. The van der Waals surface area contributed by atoms with E-state index in [9.17, 15) is 65.4 Å². The van der Waals surface area contributed by atoms with E-state index in [1.165, 1.54) is 0 Å². The van der Waals surface area contributed by atoms with Crippen LogP contribution in [0.25, 0.3) is 0 Å². The fourth-order valence-corrected chi connectivity index (χ4v) is 6.03. The van der Waals surface area contributed by atoms with Crippen molar-refractivity contribution in [2.75, 3.05) is 52.7 Å². The molecule has 53 heavy (non-hydrogen) atoms. The van der Waals surface area contributed by atoms with Crippen molar-refractivity contribution in [3.8, 4) is 0 Å². The molecule has 4 heterocycles. The van der Waals surface area contributed by atoms with E-state index in [1.54, 1.807) is 0 Å². The van der Waals surface area contributed by atoms with Gasteiger partial charge in [-0.25, -0.2) is 4.79 Å². The number of nitrogens with zero attached hydrogens (tertiary/aromatic N) is 2. The van der Waals surface area contributed by atoms with Gasteiger partial charge in [0.25, 0.3) is 11.8 Å². The normalized spacial score (nSPS) is 38.1. The number of hydrogen-bond acceptors (Lipinski definition) is 21. The third kappa shape index (κ3) is 11.7. The quantitative estimate of drug-likeness (QED) is 0.0431. The largest absolute Gasteiger partial charge is 0.394 e. The summed E-state index contributed by atoms with van der Waals surface area (Å²) in [4.78, 5) is 42.2. The van der Waals surface area contributed by atoms with Gasteiger partial charge in [0, 0.05) is 32.4 Å². The molecule has 0 aromatic rings. The Hall–Kier alpha value is -2.07. The highest BCUT2D eigenvalue weighted by Crippen LogP contribution is 2.26. The van der Waals surface area contributed by atoms with Gasteiger partial charge in [0.05, 0.1) is 33.0 Å². The van der Waals surface area contributed by atoms with Crippen molar-refractivity contribution in [2.24, 2.45) is 0 Å². The van der Waals surface area contributed by atoms with Crippen LogP contribution in [0.15, 0.2) is 0 Å². The lowest BCUT2D eigenvalue weighted by Crippen LogP contribution is -2.61. The Kier molecular flexibility index (Phi) is 17.1. The zero-order chi connectivity index (χ0) is 38.8. The second kappa shape index (κ2) is 20.7. The molecule has 0 bridgehead atoms. The molecule has 22 heteroatoms. The van der Waals surface area contributed by atoms with Crippen molar-refractivity contribution >= 4 is 17.8 Å². The monoisotopic (exact) mass is 772 g/mol. The number of aliphatic hydroxyl groups is 10. The molecule has 306 valence electrons. The standard InChI is InChI=1S/C31H52N2O20/c34-12-16-22(40)24(42)28(46)31(51-16)50-14-17-23(41)25(43)27(45)30(52-17)48-11-9-32(8-10-47-29-26(44)21(39)15(35)13-49-29)7-3-1-2-4-20(38)53-33-18(36)5-6-19(33)37/h15-17,21-31,34-35,39-46H,1-14H2/t15-,16-,17-,21-,22-,23-,24+,25+,26+,27+,28+,29+,30+,31+/m1/s1. The molecule has 0 aliphatic carbocycles. The Morgan fingerprint density at radius 2 is 1.21 bits per heavy atom. The minimum atomic E-state index is -1.74. The molecule has 2 amide bonds. The zero-order valence-corrected chi connectivity index (χ0v) is 28.9. The first-order valence-electron chi connectivity index (χ1n) is 17.5. The van der Waals surface area contributed by atoms with E-state index in [4.69, 9.17) is 33.3 Å². The average molecular weight is 773 g/mol. The molecule has 4 saturated heterocycles. The molecule has 0 spiro atoms. The molecule has 4 fully saturated rings. The molecular weight excluding hydrogens is 720 g/mol. The molecule has 0 radical (unpaired) electrons. The maximum absolute atomic E-state index is 12.1. The van der Waals surface area contributed by atoms with Crippen LogP contribution in [-0.2, 0) is 47.6 Å². The van der Waals surface area contributed by atoms with Gasteiger partial charge in [-0.1, -0.05) is 6.42 Å². The van der Waals surface area contributed by atoms with E-state index in [2.05, 4.69) is 0 Å². The van der Waals surface area contributed by atoms with E-state index in [0.29, 0.717) is 30.9 Å². The van der Waals surface area contributed by atoms with Crippen LogP contribution in [0, 0.1) is 0 Å². The summed E-state index contributed by atoms with van der Waals surface area (Å²) in [7, 11) is 0. The first-order valence-corrected chi connectivity index (χ1v) is 17.5. The van der Waals surface area contributed by atoms with Crippen LogP contribution in [0.2, 0.25) is 0 Å². The smallest absolute Gasteiger partial charge is 0.333 e. The van der Waals surface area contributed by atoms with E-state index in [-0.39, 0.29) is 52.2 Å². The Morgan fingerprint density at radius 3 is 1.83 bits per heavy atom. The molecular formula is C31H52N2O20. The van der Waals surface area contributed by atoms with Gasteiger partial charge in [0.15, 0.2) is 18.9 Å². The van der Waals surface area contributed by atoms with Crippen molar-refractivity contribution in [2.45, 2.75) is 125 Å². The zero-order valence-electron chi connectivity index (χ0n) is 28.9. The van der Waals surface area contributed by atoms with Crippen LogP contribution < -0.4 is 0 Å². The molecule has 4 aliphatic rings.